The minimum Gasteiger partial charge on any atom is -0.306 e. The normalized spacial score (nSPS) is 15.6. The van der Waals surface area contributed by atoms with Gasteiger partial charge in [0.25, 0.3) is 0 Å². The molecule has 136 valence electrons. The van der Waals surface area contributed by atoms with Crippen molar-refractivity contribution in [3.05, 3.63) is 77.9 Å². The van der Waals surface area contributed by atoms with Crippen LogP contribution in [0.3, 0.4) is 0 Å². The van der Waals surface area contributed by atoms with Gasteiger partial charge in [-0.1, -0.05) is 12.1 Å². The number of pyridine rings is 3. The second kappa shape index (κ2) is 6.58. The van der Waals surface area contributed by atoms with Gasteiger partial charge in [-0.2, -0.15) is 0 Å². The van der Waals surface area contributed by atoms with Gasteiger partial charge < -0.3 is 5.73 Å². The largest absolute Gasteiger partial charge is 0.306 e. The average Bonchev–Trinajstić information content (AvgIpc) is 2.73. The maximum atomic E-state index is 14.4. The Morgan fingerprint density at radius 3 is 2.75 bits per heavy atom. The van der Waals surface area contributed by atoms with Crippen LogP contribution in [0.4, 0.5) is 4.39 Å². The highest BCUT2D eigenvalue weighted by molar-refractivity contribution is 5.95. The van der Waals surface area contributed by atoms with Gasteiger partial charge >= 0.3 is 0 Å². The van der Waals surface area contributed by atoms with Crippen LogP contribution in [0.25, 0.3) is 33.5 Å². The molecular formula is C22H16FN5. The summed E-state index contributed by atoms with van der Waals surface area (Å²) >= 11 is 0. The molecule has 0 saturated carbocycles. The zero-order valence-electron chi connectivity index (χ0n) is 14.9. The van der Waals surface area contributed by atoms with E-state index in [4.69, 9.17) is 5.73 Å². The van der Waals surface area contributed by atoms with E-state index in [0.717, 1.165) is 27.8 Å². The number of hydrogen-bond donors (Lipinski definition) is 1. The molecule has 5 rings (SSSR count). The summed E-state index contributed by atoms with van der Waals surface area (Å²) in [6, 6.07) is 14.2. The number of rotatable bonds is 2. The number of nitrogens with two attached hydrogens (primary N) is 1. The minimum absolute atomic E-state index is 0.326. The van der Waals surface area contributed by atoms with Crippen molar-refractivity contribution in [2.75, 3.05) is 0 Å². The summed E-state index contributed by atoms with van der Waals surface area (Å²) in [6.45, 7) is 0. The fourth-order valence-corrected chi connectivity index (χ4v) is 3.63. The van der Waals surface area contributed by atoms with Gasteiger partial charge in [0, 0.05) is 41.5 Å². The van der Waals surface area contributed by atoms with E-state index in [1.165, 1.54) is 6.07 Å². The SMILES string of the molecule is NC1N=CCc2c1ccnc2-c1cc(-c2ccccc2F)nc2ncccc12. The monoisotopic (exact) mass is 369 g/mol. The average molecular weight is 369 g/mol. The second-order valence-corrected chi connectivity index (χ2v) is 6.62. The molecule has 1 atom stereocenters. The van der Waals surface area contributed by atoms with E-state index in [2.05, 4.69) is 19.9 Å². The number of halogens is 1. The summed E-state index contributed by atoms with van der Waals surface area (Å²) in [5.74, 6) is -0.326. The van der Waals surface area contributed by atoms with Crippen LogP contribution in [0.15, 0.2) is 65.9 Å². The first-order valence-electron chi connectivity index (χ1n) is 8.98. The van der Waals surface area contributed by atoms with Crippen LogP contribution in [0.1, 0.15) is 17.3 Å². The maximum absolute atomic E-state index is 14.4. The number of aliphatic imine (C=N–C) groups is 1. The van der Waals surface area contributed by atoms with Gasteiger partial charge in [-0.05, 0) is 47.5 Å². The minimum atomic E-state index is -0.400. The van der Waals surface area contributed by atoms with E-state index in [1.54, 1.807) is 30.6 Å². The van der Waals surface area contributed by atoms with Crippen molar-refractivity contribution < 1.29 is 4.39 Å². The van der Waals surface area contributed by atoms with E-state index >= 15 is 0 Å². The molecule has 0 bridgehead atoms. The Balaban J connectivity index is 1.82. The van der Waals surface area contributed by atoms with Crippen LogP contribution in [0.2, 0.25) is 0 Å². The Labute approximate surface area is 160 Å². The lowest BCUT2D eigenvalue weighted by molar-refractivity contribution is 0.631. The van der Waals surface area contributed by atoms with Crippen molar-refractivity contribution in [3.63, 3.8) is 0 Å². The van der Waals surface area contributed by atoms with E-state index < -0.39 is 6.17 Å². The number of nitrogens with zero attached hydrogens (tertiary/aromatic N) is 4. The summed E-state index contributed by atoms with van der Waals surface area (Å²) in [7, 11) is 0. The third kappa shape index (κ3) is 2.66. The van der Waals surface area contributed by atoms with Crippen LogP contribution < -0.4 is 5.73 Å². The zero-order valence-corrected chi connectivity index (χ0v) is 14.9. The molecule has 5 nitrogen and oxygen atoms in total. The Hall–Kier alpha value is -3.51. The molecule has 0 saturated heterocycles. The molecule has 3 aromatic heterocycles. The summed E-state index contributed by atoms with van der Waals surface area (Å²) in [4.78, 5) is 17.9. The lowest BCUT2D eigenvalue weighted by atomic mass is 9.93. The van der Waals surface area contributed by atoms with Gasteiger partial charge in [0.15, 0.2) is 5.65 Å². The van der Waals surface area contributed by atoms with Crippen molar-refractivity contribution in [3.8, 4) is 22.5 Å². The van der Waals surface area contributed by atoms with Gasteiger partial charge in [0.2, 0.25) is 0 Å². The van der Waals surface area contributed by atoms with E-state index in [-0.39, 0.29) is 5.82 Å². The fraction of sp³-hybridized carbons (Fsp3) is 0.0909. The van der Waals surface area contributed by atoms with Crippen molar-refractivity contribution in [2.24, 2.45) is 10.7 Å². The number of fused-ring (bicyclic) bond motifs is 2. The molecule has 0 amide bonds. The number of hydrogen-bond acceptors (Lipinski definition) is 5. The van der Waals surface area contributed by atoms with Gasteiger partial charge in [-0.25, -0.2) is 14.4 Å². The molecule has 6 heteroatoms. The second-order valence-electron chi connectivity index (χ2n) is 6.62. The van der Waals surface area contributed by atoms with Crippen molar-refractivity contribution >= 4 is 17.2 Å². The number of benzene rings is 1. The third-order valence-electron chi connectivity index (χ3n) is 4.96. The highest BCUT2D eigenvalue weighted by Gasteiger charge is 2.21. The van der Waals surface area contributed by atoms with Gasteiger partial charge in [0.05, 0.1) is 11.4 Å². The molecule has 0 spiro atoms. The predicted octanol–water partition coefficient (Wildman–Crippen LogP) is 4.08. The molecule has 0 fully saturated rings. The standard InChI is InChI=1S/C22H16FN5/c23-18-6-2-1-4-16(18)19-12-17(15-5-3-9-27-22(15)28-19)20-13-7-11-26-21(24)14(13)8-10-25-20/h1-6,8-12,21H,7,24H2. The molecule has 28 heavy (non-hydrogen) atoms. The molecule has 1 unspecified atom stereocenters. The summed E-state index contributed by atoms with van der Waals surface area (Å²) in [6.07, 6.45) is 5.48. The molecule has 1 aromatic carbocycles. The first-order valence-corrected chi connectivity index (χ1v) is 8.98. The molecule has 4 aromatic rings. The van der Waals surface area contributed by atoms with Gasteiger partial charge in [-0.15, -0.1) is 0 Å². The zero-order chi connectivity index (χ0) is 19.1. The van der Waals surface area contributed by atoms with Crippen molar-refractivity contribution in [1.82, 2.24) is 15.0 Å². The topological polar surface area (TPSA) is 77.0 Å². The van der Waals surface area contributed by atoms with E-state index in [9.17, 15) is 4.39 Å². The van der Waals surface area contributed by atoms with Crippen LogP contribution in [0, 0.1) is 5.82 Å². The quantitative estimate of drug-likeness (QED) is 0.577. The van der Waals surface area contributed by atoms with Crippen LogP contribution in [0.5, 0.6) is 0 Å². The molecule has 0 radical (unpaired) electrons. The third-order valence-corrected chi connectivity index (χ3v) is 4.96. The van der Waals surface area contributed by atoms with Crippen LogP contribution in [-0.2, 0) is 6.42 Å². The molecule has 0 aliphatic carbocycles. The summed E-state index contributed by atoms with van der Waals surface area (Å²) in [5.41, 5.74) is 11.3. The maximum Gasteiger partial charge on any atom is 0.160 e. The Morgan fingerprint density at radius 1 is 0.964 bits per heavy atom. The molecule has 4 heterocycles. The Bertz CT molecular complexity index is 1230. The molecule has 1 aliphatic heterocycles. The Morgan fingerprint density at radius 2 is 1.86 bits per heavy atom. The van der Waals surface area contributed by atoms with Gasteiger partial charge in [0.1, 0.15) is 12.0 Å². The van der Waals surface area contributed by atoms with Crippen LogP contribution in [-0.4, -0.2) is 21.2 Å². The van der Waals surface area contributed by atoms with Crippen molar-refractivity contribution in [2.45, 2.75) is 12.6 Å². The van der Waals surface area contributed by atoms with E-state index in [1.807, 2.05) is 30.5 Å². The lowest BCUT2D eigenvalue weighted by Crippen LogP contribution is -2.16. The number of aromatic nitrogens is 3. The lowest BCUT2D eigenvalue weighted by Gasteiger charge is -2.20. The van der Waals surface area contributed by atoms with E-state index in [0.29, 0.717) is 23.3 Å². The first-order chi connectivity index (χ1) is 13.7. The molecular weight excluding hydrogens is 353 g/mol. The smallest absolute Gasteiger partial charge is 0.160 e. The van der Waals surface area contributed by atoms with Crippen LogP contribution >= 0.6 is 0 Å². The fourth-order valence-electron chi connectivity index (χ4n) is 3.63. The first kappa shape index (κ1) is 16.6. The van der Waals surface area contributed by atoms with Gasteiger partial charge in [-0.3, -0.25) is 9.98 Å². The molecule has 2 N–H and O–H groups in total. The molecule has 1 aliphatic rings. The highest BCUT2D eigenvalue weighted by Crippen LogP contribution is 2.35. The summed E-state index contributed by atoms with van der Waals surface area (Å²) < 4.78 is 14.4. The predicted molar refractivity (Wildman–Crippen MR) is 107 cm³/mol. The van der Waals surface area contributed by atoms with Crippen molar-refractivity contribution in [1.29, 1.82) is 0 Å². The Kier molecular flexibility index (Phi) is 3.91. The summed E-state index contributed by atoms with van der Waals surface area (Å²) in [5, 5.41) is 0.861. The highest BCUT2D eigenvalue weighted by atomic mass is 19.1.